The molecular weight excluding hydrogens is 322 g/mol. The molecule has 1 N–H and O–H groups in total. The molecule has 1 aromatic heterocycles. The highest BCUT2D eigenvalue weighted by molar-refractivity contribution is 5.55. The van der Waals surface area contributed by atoms with E-state index in [1.807, 2.05) is 6.20 Å². The topological polar surface area (TPSA) is 43.8 Å². The molecule has 0 radical (unpaired) electrons. The number of nitrogens with zero attached hydrogens (tertiary/aromatic N) is 4. The van der Waals surface area contributed by atoms with Crippen molar-refractivity contribution in [1.82, 2.24) is 9.88 Å². The Bertz CT molecular complexity index is 667. The Morgan fingerprint density at radius 3 is 2.58 bits per heavy atom. The molecule has 5 aliphatic rings. The van der Waals surface area contributed by atoms with Crippen molar-refractivity contribution >= 4 is 18.2 Å². The zero-order valence-corrected chi connectivity index (χ0v) is 15.9. The number of anilines is 2. The number of aliphatic imine (C=N–C) groups is 1. The highest BCUT2D eigenvalue weighted by Crippen LogP contribution is 2.57. The molecule has 1 saturated heterocycles. The molecule has 5 atom stereocenters. The van der Waals surface area contributed by atoms with Crippen LogP contribution in [0.15, 0.2) is 23.3 Å². The Morgan fingerprint density at radius 1 is 1.15 bits per heavy atom. The second-order valence-corrected chi connectivity index (χ2v) is 9.18. The van der Waals surface area contributed by atoms with Crippen LogP contribution in [0.5, 0.6) is 0 Å². The third kappa shape index (κ3) is 2.72. The average molecular weight is 354 g/mol. The molecule has 2 heterocycles. The summed E-state index contributed by atoms with van der Waals surface area (Å²) in [5, 5.41) is 3.82. The number of piperazine rings is 1. The van der Waals surface area contributed by atoms with Crippen molar-refractivity contribution in [3.05, 3.63) is 18.3 Å². The lowest BCUT2D eigenvalue weighted by molar-refractivity contribution is -0.0101. The van der Waals surface area contributed by atoms with Crippen molar-refractivity contribution in [2.75, 3.05) is 43.4 Å². The first-order chi connectivity index (χ1) is 12.6. The predicted molar refractivity (Wildman–Crippen MR) is 107 cm³/mol. The molecular formula is C21H31N5. The van der Waals surface area contributed by atoms with Gasteiger partial charge in [0, 0.05) is 44.1 Å². The predicted octanol–water partition coefficient (Wildman–Crippen LogP) is 2.89. The van der Waals surface area contributed by atoms with Crippen molar-refractivity contribution in [2.24, 2.45) is 22.7 Å². The van der Waals surface area contributed by atoms with Crippen LogP contribution in [-0.4, -0.2) is 61.4 Å². The summed E-state index contributed by atoms with van der Waals surface area (Å²) in [6.07, 6.45) is 8.56. The van der Waals surface area contributed by atoms with Crippen LogP contribution in [0, 0.1) is 17.8 Å². The van der Waals surface area contributed by atoms with E-state index in [2.05, 4.69) is 46.0 Å². The number of rotatable bonds is 4. The molecule has 4 bridgehead atoms. The molecule has 140 valence electrons. The van der Waals surface area contributed by atoms with Crippen LogP contribution in [-0.2, 0) is 0 Å². The molecule has 5 nitrogen and oxygen atoms in total. The van der Waals surface area contributed by atoms with Gasteiger partial charge in [-0.05, 0) is 69.7 Å². The molecule has 4 aliphatic carbocycles. The van der Waals surface area contributed by atoms with Gasteiger partial charge in [0.25, 0.3) is 0 Å². The van der Waals surface area contributed by atoms with Crippen LogP contribution in [0.25, 0.3) is 0 Å². The smallest absolute Gasteiger partial charge is 0.128 e. The Hall–Kier alpha value is -1.62. The quantitative estimate of drug-likeness (QED) is 0.846. The third-order valence-corrected chi connectivity index (χ3v) is 7.50. The summed E-state index contributed by atoms with van der Waals surface area (Å²) in [6.45, 7) is 8.45. The summed E-state index contributed by atoms with van der Waals surface area (Å²) in [4.78, 5) is 14.2. The Labute approximate surface area is 156 Å². The maximum atomic E-state index is 4.72. The summed E-state index contributed by atoms with van der Waals surface area (Å²) in [6, 6.07) is 4.80. The fourth-order valence-electron chi connectivity index (χ4n) is 6.40. The maximum absolute atomic E-state index is 4.72. The van der Waals surface area contributed by atoms with Crippen LogP contribution in [0.3, 0.4) is 0 Å². The molecule has 1 aromatic rings. The lowest BCUT2D eigenvalue weighted by Crippen LogP contribution is -2.62. The van der Waals surface area contributed by atoms with E-state index in [0.717, 1.165) is 49.8 Å². The zero-order chi connectivity index (χ0) is 17.7. The van der Waals surface area contributed by atoms with E-state index in [1.54, 1.807) is 0 Å². The minimum absolute atomic E-state index is 0.0419. The first-order valence-electron chi connectivity index (χ1n) is 10.3. The summed E-state index contributed by atoms with van der Waals surface area (Å²) >= 11 is 0. The van der Waals surface area contributed by atoms with Crippen LogP contribution >= 0.6 is 0 Å². The molecule has 0 spiro atoms. The number of nitrogens with one attached hydrogen (secondary N) is 1. The fraction of sp³-hybridized carbons (Fsp3) is 0.714. The van der Waals surface area contributed by atoms with Crippen LogP contribution < -0.4 is 10.2 Å². The Balaban J connectivity index is 1.36. The molecule has 1 aliphatic heterocycles. The zero-order valence-electron chi connectivity index (χ0n) is 15.9. The Morgan fingerprint density at radius 2 is 1.88 bits per heavy atom. The van der Waals surface area contributed by atoms with E-state index in [0.29, 0.717) is 6.04 Å². The molecule has 26 heavy (non-hydrogen) atoms. The lowest BCUT2D eigenvalue weighted by Gasteiger charge is -2.59. The normalized spacial score (nSPS) is 39.2. The largest absolute Gasteiger partial charge is 0.369 e. The highest BCUT2D eigenvalue weighted by atomic mass is 15.2. The van der Waals surface area contributed by atoms with Crippen molar-refractivity contribution in [2.45, 2.75) is 43.7 Å². The van der Waals surface area contributed by atoms with Crippen molar-refractivity contribution < 1.29 is 0 Å². The Kier molecular flexibility index (Phi) is 3.96. The van der Waals surface area contributed by atoms with Gasteiger partial charge >= 0.3 is 0 Å². The SMILES string of the molecule is C=NC12C[C@@H]3CC(C[C@@H](C3)C1)C2Nc1cc(N2CCN(C)CC2)ccn1. The molecule has 0 amide bonds. The van der Waals surface area contributed by atoms with E-state index >= 15 is 0 Å². The lowest BCUT2D eigenvalue weighted by atomic mass is 9.51. The summed E-state index contributed by atoms with van der Waals surface area (Å²) in [5.41, 5.74) is 1.33. The molecule has 5 fully saturated rings. The van der Waals surface area contributed by atoms with Crippen LogP contribution in [0.1, 0.15) is 32.1 Å². The molecule has 0 aromatic carbocycles. The standard InChI is InChI=1S/C21H31N5/c1-22-21-13-15-9-16(14-21)11-17(10-15)20(21)24-19-12-18(3-4-23-19)26-7-5-25(2)6-8-26/h3-4,12,15-17,20H,1,5-11,13-14H2,2H3,(H,23,24)/t15-,16+,17?,20?,21?. The minimum atomic E-state index is 0.0419. The van der Waals surface area contributed by atoms with Gasteiger partial charge in [0.2, 0.25) is 0 Å². The summed E-state index contributed by atoms with van der Waals surface area (Å²) in [5.74, 6) is 3.50. The second-order valence-electron chi connectivity index (χ2n) is 9.18. The summed E-state index contributed by atoms with van der Waals surface area (Å²) < 4.78 is 0. The van der Waals surface area contributed by atoms with Crippen LogP contribution in [0.4, 0.5) is 11.5 Å². The first-order valence-corrected chi connectivity index (χ1v) is 10.3. The van der Waals surface area contributed by atoms with Gasteiger partial charge in [0.05, 0.1) is 11.6 Å². The van der Waals surface area contributed by atoms with E-state index in [-0.39, 0.29) is 5.54 Å². The van der Waals surface area contributed by atoms with Crippen molar-refractivity contribution in [3.8, 4) is 0 Å². The third-order valence-electron chi connectivity index (χ3n) is 7.50. The van der Waals surface area contributed by atoms with Crippen LogP contribution in [0.2, 0.25) is 0 Å². The monoisotopic (exact) mass is 353 g/mol. The van der Waals surface area contributed by atoms with Gasteiger partial charge in [-0.15, -0.1) is 0 Å². The fourth-order valence-corrected chi connectivity index (χ4v) is 6.40. The van der Waals surface area contributed by atoms with Gasteiger partial charge < -0.3 is 15.1 Å². The first kappa shape index (κ1) is 16.5. The minimum Gasteiger partial charge on any atom is -0.369 e. The second kappa shape index (κ2) is 6.22. The van der Waals surface area contributed by atoms with Gasteiger partial charge in [-0.3, -0.25) is 4.99 Å². The van der Waals surface area contributed by atoms with Gasteiger partial charge in [0.1, 0.15) is 5.82 Å². The van der Waals surface area contributed by atoms with E-state index in [9.17, 15) is 0 Å². The molecule has 6 rings (SSSR count). The van der Waals surface area contributed by atoms with Gasteiger partial charge in [-0.1, -0.05) is 0 Å². The molecule has 3 unspecified atom stereocenters. The van der Waals surface area contributed by atoms with E-state index < -0.39 is 0 Å². The molecule has 5 heteroatoms. The molecule has 4 saturated carbocycles. The van der Waals surface area contributed by atoms with Gasteiger partial charge in [0.15, 0.2) is 0 Å². The summed E-state index contributed by atoms with van der Waals surface area (Å²) in [7, 11) is 2.20. The van der Waals surface area contributed by atoms with E-state index in [4.69, 9.17) is 4.99 Å². The van der Waals surface area contributed by atoms with Crippen molar-refractivity contribution in [3.63, 3.8) is 0 Å². The maximum Gasteiger partial charge on any atom is 0.128 e. The number of pyridine rings is 1. The number of hydrogen-bond acceptors (Lipinski definition) is 5. The van der Waals surface area contributed by atoms with Crippen molar-refractivity contribution in [1.29, 1.82) is 0 Å². The van der Waals surface area contributed by atoms with E-state index in [1.165, 1.54) is 37.8 Å². The van der Waals surface area contributed by atoms with Gasteiger partial charge in [-0.2, -0.15) is 0 Å². The van der Waals surface area contributed by atoms with Gasteiger partial charge in [-0.25, -0.2) is 4.98 Å². The average Bonchev–Trinajstić information content (AvgIpc) is 2.65. The number of hydrogen-bond donors (Lipinski definition) is 1. The number of aromatic nitrogens is 1. The number of likely N-dealkylation sites (N-methyl/N-ethyl adjacent to an activating group) is 1. The highest BCUT2D eigenvalue weighted by Gasteiger charge is 2.57.